The fourth-order valence-electron chi connectivity index (χ4n) is 2.73. The molecule has 0 unspecified atom stereocenters. The molecular weight excluding hydrogens is 262 g/mol. The van der Waals surface area contributed by atoms with Crippen LogP contribution in [0.25, 0.3) is 0 Å². The van der Waals surface area contributed by atoms with Gasteiger partial charge in [-0.1, -0.05) is 18.9 Å². The summed E-state index contributed by atoms with van der Waals surface area (Å²) < 4.78 is 27.5. The van der Waals surface area contributed by atoms with Gasteiger partial charge in [-0.3, -0.25) is 9.69 Å². The van der Waals surface area contributed by atoms with Crippen molar-refractivity contribution in [2.45, 2.75) is 38.3 Å². The molecule has 0 aromatic heterocycles. The number of carbonyl (C=O) groups excluding carboxylic acids is 1. The number of halogens is 2. The molecule has 1 fully saturated rings. The van der Waals surface area contributed by atoms with E-state index in [4.69, 9.17) is 0 Å². The Balaban J connectivity index is 2.16. The van der Waals surface area contributed by atoms with Crippen LogP contribution in [0.5, 0.6) is 0 Å². The minimum absolute atomic E-state index is 0.0447. The Morgan fingerprint density at radius 3 is 2.45 bits per heavy atom. The predicted molar refractivity (Wildman–Crippen MR) is 73.1 cm³/mol. The molecule has 5 heteroatoms. The van der Waals surface area contributed by atoms with Gasteiger partial charge in [0.2, 0.25) is 5.91 Å². The second-order valence-electron chi connectivity index (χ2n) is 5.22. The molecule has 1 aromatic rings. The van der Waals surface area contributed by atoms with Crippen molar-refractivity contribution in [3.05, 3.63) is 35.4 Å². The number of amides is 1. The van der Waals surface area contributed by atoms with Crippen molar-refractivity contribution < 1.29 is 13.6 Å². The molecule has 0 atom stereocenters. The summed E-state index contributed by atoms with van der Waals surface area (Å²) in [6.45, 7) is 0.311. The molecule has 1 amide bonds. The molecule has 110 valence electrons. The first kappa shape index (κ1) is 14.9. The lowest BCUT2D eigenvalue weighted by atomic mass is 10.1. The lowest BCUT2D eigenvalue weighted by Gasteiger charge is -2.28. The van der Waals surface area contributed by atoms with Crippen LogP contribution < -0.4 is 5.32 Å². The van der Waals surface area contributed by atoms with Gasteiger partial charge in [0.05, 0.1) is 6.54 Å². The summed E-state index contributed by atoms with van der Waals surface area (Å²) in [5.74, 6) is -1.23. The van der Waals surface area contributed by atoms with Gasteiger partial charge in [-0.15, -0.1) is 0 Å². The van der Waals surface area contributed by atoms with Crippen LogP contribution in [0.4, 0.5) is 8.78 Å². The number of nitrogens with one attached hydrogen (secondary N) is 1. The van der Waals surface area contributed by atoms with Crippen LogP contribution in [0.2, 0.25) is 0 Å². The van der Waals surface area contributed by atoms with E-state index in [1.165, 1.54) is 18.2 Å². The third-order valence-corrected chi connectivity index (χ3v) is 3.89. The van der Waals surface area contributed by atoms with Gasteiger partial charge in [0.15, 0.2) is 0 Å². The van der Waals surface area contributed by atoms with E-state index < -0.39 is 11.6 Å². The fourth-order valence-corrected chi connectivity index (χ4v) is 2.73. The molecule has 1 aliphatic rings. The zero-order valence-electron chi connectivity index (χ0n) is 11.7. The van der Waals surface area contributed by atoms with Crippen molar-refractivity contribution in [3.63, 3.8) is 0 Å². The lowest BCUT2D eigenvalue weighted by molar-refractivity contribution is -0.122. The van der Waals surface area contributed by atoms with Gasteiger partial charge in [-0.2, -0.15) is 0 Å². The SMILES string of the molecule is CNC(=O)CN(Cc1c(F)cccc1F)C1CCCC1. The molecule has 1 aromatic carbocycles. The fraction of sp³-hybridized carbons (Fsp3) is 0.533. The monoisotopic (exact) mass is 282 g/mol. The number of likely N-dealkylation sites (N-methyl/N-ethyl adjacent to an activating group) is 1. The molecule has 1 saturated carbocycles. The van der Waals surface area contributed by atoms with Gasteiger partial charge in [0.25, 0.3) is 0 Å². The molecule has 1 aliphatic carbocycles. The summed E-state index contributed by atoms with van der Waals surface area (Å²) in [7, 11) is 1.57. The summed E-state index contributed by atoms with van der Waals surface area (Å²) in [6, 6.07) is 4.09. The van der Waals surface area contributed by atoms with Crippen molar-refractivity contribution in [2.24, 2.45) is 0 Å². The van der Waals surface area contributed by atoms with E-state index in [0.717, 1.165) is 25.7 Å². The van der Waals surface area contributed by atoms with E-state index in [9.17, 15) is 13.6 Å². The Kier molecular flexibility index (Phi) is 5.06. The Morgan fingerprint density at radius 2 is 1.90 bits per heavy atom. The normalized spacial score (nSPS) is 15.8. The maximum Gasteiger partial charge on any atom is 0.233 e. The predicted octanol–water partition coefficient (Wildman–Crippen LogP) is 2.46. The zero-order valence-corrected chi connectivity index (χ0v) is 11.7. The summed E-state index contributed by atoms with van der Waals surface area (Å²) in [6.07, 6.45) is 4.17. The van der Waals surface area contributed by atoms with Crippen LogP contribution in [-0.4, -0.2) is 30.4 Å². The molecule has 0 radical (unpaired) electrons. The Morgan fingerprint density at radius 1 is 1.30 bits per heavy atom. The van der Waals surface area contributed by atoms with Gasteiger partial charge in [0, 0.05) is 25.2 Å². The second kappa shape index (κ2) is 6.79. The Bertz CT molecular complexity index is 453. The standard InChI is InChI=1S/C15H20F2N2O/c1-18-15(20)10-19(11-5-2-3-6-11)9-12-13(16)7-4-8-14(12)17/h4,7-8,11H,2-3,5-6,9-10H2,1H3,(H,18,20). The smallest absolute Gasteiger partial charge is 0.233 e. The number of rotatable bonds is 5. The minimum atomic E-state index is -0.551. The number of nitrogens with zero attached hydrogens (tertiary/aromatic N) is 1. The van der Waals surface area contributed by atoms with Crippen LogP contribution in [-0.2, 0) is 11.3 Å². The number of hydrogen-bond acceptors (Lipinski definition) is 2. The highest BCUT2D eigenvalue weighted by Gasteiger charge is 2.26. The number of hydrogen-bond donors (Lipinski definition) is 1. The quantitative estimate of drug-likeness (QED) is 0.899. The van der Waals surface area contributed by atoms with Crippen molar-refractivity contribution >= 4 is 5.91 Å². The van der Waals surface area contributed by atoms with E-state index in [1.807, 2.05) is 4.90 Å². The Hall–Kier alpha value is -1.49. The molecular formula is C15H20F2N2O. The average Bonchev–Trinajstić information content (AvgIpc) is 2.95. The van der Waals surface area contributed by atoms with E-state index in [0.29, 0.717) is 0 Å². The van der Waals surface area contributed by atoms with Gasteiger partial charge in [-0.25, -0.2) is 8.78 Å². The largest absolute Gasteiger partial charge is 0.358 e. The average molecular weight is 282 g/mol. The summed E-state index contributed by atoms with van der Waals surface area (Å²) in [4.78, 5) is 13.5. The van der Waals surface area contributed by atoms with Crippen molar-refractivity contribution in [3.8, 4) is 0 Å². The van der Waals surface area contributed by atoms with Gasteiger partial charge >= 0.3 is 0 Å². The maximum absolute atomic E-state index is 13.7. The van der Waals surface area contributed by atoms with Crippen molar-refractivity contribution in [1.29, 1.82) is 0 Å². The zero-order chi connectivity index (χ0) is 14.5. The van der Waals surface area contributed by atoms with Crippen LogP contribution >= 0.6 is 0 Å². The van der Waals surface area contributed by atoms with Crippen LogP contribution in [0.15, 0.2) is 18.2 Å². The third-order valence-electron chi connectivity index (χ3n) is 3.89. The molecule has 0 heterocycles. The highest BCUT2D eigenvalue weighted by Crippen LogP contribution is 2.26. The maximum atomic E-state index is 13.7. The van der Waals surface area contributed by atoms with Crippen molar-refractivity contribution in [2.75, 3.05) is 13.6 Å². The highest BCUT2D eigenvalue weighted by atomic mass is 19.1. The molecule has 20 heavy (non-hydrogen) atoms. The highest BCUT2D eigenvalue weighted by molar-refractivity contribution is 5.77. The first-order valence-electron chi connectivity index (χ1n) is 6.99. The minimum Gasteiger partial charge on any atom is -0.358 e. The first-order chi connectivity index (χ1) is 9.61. The van der Waals surface area contributed by atoms with E-state index >= 15 is 0 Å². The summed E-state index contributed by atoms with van der Waals surface area (Å²) >= 11 is 0. The molecule has 0 bridgehead atoms. The molecule has 2 rings (SSSR count). The second-order valence-corrected chi connectivity index (χ2v) is 5.22. The molecule has 1 N–H and O–H groups in total. The van der Waals surface area contributed by atoms with Gasteiger partial charge < -0.3 is 5.32 Å². The van der Waals surface area contributed by atoms with Crippen LogP contribution in [0.3, 0.4) is 0 Å². The lowest BCUT2D eigenvalue weighted by Crippen LogP contribution is -2.41. The van der Waals surface area contributed by atoms with Crippen LogP contribution in [0, 0.1) is 11.6 Å². The topological polar surface area (TPSA) is 32.3 Å². The Labute approximate surface area is 118 Å². The third kappa shape index (κ3) is 3.54. The summed E-state index contributed by atoms with van der Waals surface area (Å²) in [5.41, 5.74) is 0.0447. The number of carbonyl (C=O) groups is 1. The van der Waals surface area contributed by atoms with Gasteiger partial charge in [-0.05, 0) is 25.0 Å². The van der Waals surface area contributed by atoms with Gasteiger partial charge in [0.1, 0.15) is 11.6 Å². The molecule has 0 spiro atoms. The van der Waals surface area contributed by atoms with E-state index in [-0.39, 0.29) is 30.6 Å². The molecule has 0 saturated heterocycles. The first-order valence-corrected chi connectivity index (χ1v) is 6.99. The molecule has 0 aliphatic heterocycles. The van der Waals surface area contributed by atoms with Crippen molar-refractivity contribution in [1.82, 2.24) is 10.2 Å². The summed E-state index contributed by atoms with van der Waals surface area (Å²) in [5, 5.41) is 2.57. The van der Waals surface area contributed by atoms with E-state index in [2.05, 4.69) is 5.32 Å². The number of benzene rings is 1. The molecule has 3 nitrogen and oxygen atoms in total. The van der Waals surface area contributed by atoms with E-state index in [1.54, 1.807) is 7.05 Å². The van der Waals surface area contributed by atoms with Crippen LogP contribution in [0.1, 0.15) is 31.2 Å².